The van der Waals surface area contributed by atoms with Crippen LogP contribution in [0.25, 0.3) is 10.2 Å². The van der Waals surface area contributed by atoms with E-state index in [-0.39, 0.29) is 5.91 Å². The van der Waals surface area contributed by atoms with Gasteiger partial charge in [-0.05, 0) is 30.7 Å². The van der Waals surface area contributed by atoms with Crippen LogP contribution in [0.1, 0.15) is 44.9 Å². The number of thiophene rings is 1. The average molecular weight is 364 g/mol. The molecule has 0 aromatic carbocycles. The zero-order valence-electron chi connectivity index (χ0n) is 14.5. The van der Waals surface area contributed by atoms with Crippen molar-refractivity contribution in [2.45, 2.75) is 57.5 Å². The molecule has 2 heterocycles. The first kappa shape index (κ1) is 17.7. The third kappa shape index (κ3) is 3.91. The molecule has 2 aromatic heterocycles. The van der Waals surface area contributed by atoms with Crippen molar-refractivity contribution in [2.24, 2.45) is 11.8 Å². The van der Waals surface area contributed by atoms with Gasteiger partial charge in [0.05, 0.1) is 5.75 Å². The number of aromatic nitrogens is 2. The molecular formula is C18H25N3OS2. The molecule has 3 rings (SSSR count). The van der Waals surface area contributed by atoms with Crippen molar-refractivity contribution >= 4 is 39.2 Å². The van der Waals surface area contributed by atoms with E-state index in [0.717, 1.165) is 28.1 Å². The van der Waals surface area contributed by atoms with E-state index in [2.05, 4.69) is 42.1 Å². The SMILES string of the molecule is CCc1cc2c(SCC(=O)N[C@@H]3CCC[C@H](C)[C@@H]3C)ncnc2s1. The molecule has 130 valence electrons. The summed E-state index contributed by atoms with van der Waals surface area (Å²) in [5.41, 5.74) is 0. The van der Waals surface area contributed by atoms with Crippen LogP contribution in [-0.2, 0) is 11.2 Å². The molecule has 1 N–H and O–H groups in total. The Morgan fingerprint density at radius 1 is 1.38 bits per heavy atom. The Morgan fingerprint density at radius 3 is 3.00 bits per heavy atom. The maximum atomic E-state index is 12.4. The van der Waals surface area contributed by atoms with Crippen molar-refractivity contribution < 1.29 is 4.79 Å². The predicted octanol–water partition coefficient (Wildman–Crippen LogP) is 4.29. The Labute approximate surface area is 151 Å². The van der Waals surface area contributed by atoms with E-state index in [1.807, 2.05) is 0 Å². The third-order valence-electron chi connectivity index (χ3n) is 5.09. The average Bonchev–Trinajstić information content (AvgIpc) is 3.01. The van der Waals surface area contributed by atoms with E-state index in [4.69, 9.17) is 0 Å². The second-order valence-electron chi connectivity index (χ2n) is 6.69. The quantitative estimate of drug-likeness (QED) is 0.636. The van der Waals surface area contributed by atoms with Gasteiger partial charge >= 0.3 is 0 Å². The standard InChI is InChI=1S/C18H25N3OS2/c1-4-13-8-14-17(19-10-20-18(14)24-13)23-9-16(22)21-15-7-5-6-11(2)12(15)3/h8,10-12,15H,4-7,9H2,1-3H3,(H,21,22)/t11-,12-,15+/m0/s1. The summed E-state index contributed by atoms with van der Waals surface area (Å²) in [6.07, 6.45) is 6.20. The number of thioether (sulfide) groups is 1. The highest BCUT2D eigenvalue weighted by Gasteiger charge is 2.28. The van der Waals surface area contributed by atoms with Gasteiger partial charge in [-0.3, -0.25) is 4.79 Å². The van der Waals surface area contributed by atoms with Gasteiger partial charge in [0, 0.05) is 16.3 Å². The second kappa shape index (κ2) is 7.83. The van der Waals surface area contributed by atoms with Gasteiger partial charge < -0.3 is 5.32 Å². The lowest BCUT2D eigenvalue weighted by Crippen LogP contribution is -2.44. The zero-order valence-corrected chi connectivity index (χ0v) is 16.2. The molecular weight excluding hydrogens is 338 g/mol. The summed E-state index contributed by atoms with van der Waals surface area (Å²) in [4.78, 5) is 23.4. The number of hydrogen-bond donors (Lipinski definition) is 1. The van der Waals surface area contributed by atoms with Gasteiger partial charge in [0.2, 0.25) is 5.91 Å². The van der Waals surface area contributed by atoms with E-state index in [0.29, 0.717) is 23.6 Å². The zero-order chi connectivity index (χ0) is 17.1. The van der Waals surface area contributed by atoms with Crippen LogP contribution in [0.2, 0.25) is 0 Å². The molecule has 1 aliphatic carbocycles. The molecule has 3 atom stereocenters. The van der Waals surface area contributed by atoms with Gasteiger partial charge in [-0.15, -0.1) is 11.3 Å². The Balaban J connectivity index is 1.61. The minimum absolute atomic E-state index is 0.114. The van der Waals surface area contributed by atoms with Crippen LogP contribution in [0.4, 0.5) is 0 Å². The number of fused-ring (bicyclic) bond motifs is 1. The molecule has 0 unspecified atom stereocenters. The molecule has 2 aromatic rings. The van der Waals surface area contributed by atoms with Crippen LogP contribution < -0.4 is 5.32 Å². The molecule has 4 nitrogen and oxygen atoms in total. The van der Waals surface area contributed by atoms with Crippen LogP contribution >= 0.6 is 23.1 Å². The maximum absolute atomic E-state index is 12.4. The van der Waals surface area contributed by atoms with Gasteiger partial charge in [0.15, 0.2) is 0 Å². The molecule has 24 heavy (non-hydrogen) atoms. The Morgan fingerprint density at radius 2 is 2.21 bits per heavy atom. The van der Waals surface area contributed by atoms with Gasteiger partial charge in [0.1, 0.15) is 16.2 Å². The Hall–Kier alpha value is -1.14. The van der Waals surface area contributed by atoms with Crippen LogP contribution in [0.3, 0.4) is 0 Å². The van der Waals surface area contributed by atoms with E-state index < -0.39 is 0 Å². The lowest BCUT2D eigenvalue weighted by molar-refractivity contribution is -0.119. The topological polar surface area (TPSA) is 54.9 Å². The van der Waals surface area contributed by atoms with Crippen molar-refractivity contribution in [2.75, 3.05) is 5.75 Å². The molecule has 6 heteroatoms. The summed E-state index contributed by atoms with van der Waals surface area (Å²) in [5.74, 6) is 1.78. The van der Waals surface area contributed by atoms with E-state index in [1.54, 1.807) is 17.7 Å². The summed E-state index contributed by atoms with van der Waals surface area (Å²) in [6, 6.07) is 2.48. The first-order chi connectivity index (χ1) is 11.6. The minimum Gasteiger partial charge on any atom is -0.352 e. The molecule has 1 aliphatic rings. The fourth-order valence-corrected chi connectivity index (χ4v) is 5.12. The summed E-state index contributed by atoms with van der Waals surface area (Å²) >= 11 is 3.23. The highest BCUT2D eigenvalue weighted by atomic mass is 32.2. The van der Waals surface area contributed by atoms with E-state index >= 15 is 0 Å². The van der Waals surface area contributed by atoms with Crippen molar-refractivity contribution in [3.05, 3.63) is 17.3 Å². The number of amides is 1. The normalized spacial score (nSPS) is 24.2. The molecule has 1 amide bonds. The van der Waals surface area contributed by atoms with Gasteiger partial charge in [-0.1, -0.05) is 45.4 Å². The Kier molecular flexibility index (Phi) is 5.76. The maximum Gasteiger partial charge on any atom is 0.230 e. The summed E-state index contributed by atoms with van der Waals surface area (Å²) < 4.78 is 0. The van der Waals surface area contributed by atoms with Crippen LogP contribution in [-0.4, -0.2) is 27.7 Å². The van der Waals surface area contributed by atoms with Crippen molar-refractivity contribution in [1.29, 1.82) is 0 Å². The third-order valence-corrected chi connectivity index (χ3v) is 7.28. The summed E-state index contributed by atoms with van der Waals surface area (Å²) in [5, 5.41) is 5.23. The number of hydrogen-bond acceptors (Lipinski definition) is 5. The molecule has 0 spiro atoms. The molecule has 0 aliphatic heterocycles. The lowest BCUT2D eigenvalue weighted by Gasteiger charge is -2.34. The number of nitrogens with one attached hydrogen (secondary N) is 1. The first-order valence-electron chi connectivity index (χ1n) is 8.74. The first-order valence-corrected chi connectivity index (χ1v) is 10.5. The summed E-state index contributed by atoms with van der Waals surface area (Å²) in [7, 11) is 0. The van der Waals surface area contributed by atoms with E-state index in [1.165, 1.54) is 29.5 Å². The molecule has 0 radical (unpaired) electrons. The highest BCUT2D eigenvalue weighted by molar-refractivity contribution is 8.00. The number of nitrogens with zero attached hydrogens (tertiary/aromatic N) is 2. The van der Waals surface area contributed by atoms with Crippen LogP contribution in [0, 0.1) is 11.8 Å². The monoisotopic (exact) mass is 363 g/mol. The van der Waals surface area contributed by atoms with Crippen molar-refractivity contribution in [3.63, 3.8) is 0 Å². The summed E-state index contributed by atoms with van der Waals surface area (Å²) in [6.45, 7) is 6.69. The molecule has 0 saturated heterocycles. The number of rotatable bonds is 5. The van der Waals surface area contributed by atoms with E-state index in [9.17, 15) is 4.79 Å². The highest BCUT2D eigenvalue weighted by Crippen LogP contribution is 2.32. The Bertz CT molecular complexity index is 715. The largest absolute Gasteiger partial charge is 0.352 e. The second-order valence-corrected chi connectivity index (χ2v) is 8.77. The lowest BCUT2D eigenvalue weighted by atomic mass is 9.78. The van der Waals surface area contributed by atoms with Crippen molar-refractivity contribution in [3.8, 4) is 0 Å². The smallest absolute Gasteiger partial charge is 0.230 e. The number of aryl methyl sites for hydroxylation is 1. The fourth-order valence-electron chi connectivity index (χ4n) is 3.34. The predicted molar refractivity (Wildman–Crippen MR) is 102 cm³/mol. The van der Waals surface area contributed by atoms with Crippen LogP contribution in [0.15, 0.2) is 17.4 Å². The van der Waals surface area contributed by atoms with Gasteiger partial charge in [-0.2, -0.15) is 0 Å². The number of carbonyl (C=O) groups excluding carboxylic acids is 1. The van der Waals surface area contributed by atoms with Crippen LogP contribution in [0.5, 0.6) is 0 Å². The molecule has 1 fully saturated rings. The van der Waals surface area contributed by atoms with Gasteiger partial charge in [-0.25, -0.2) is 9.97 Å². The molecule has 1 saturated carbocycles. The minimum atomic E-state index is 0.114. The number of carbonyl (C=O) groups is 1. The van der Waals surface area contributed by atoms with Gasteiger partial charge in [0.25, 0.3) is 0 Å². The molecule has 0 bridgehead atoms. The fraction of sp³-hybridized carbons (Fsp3) is 0.611. The van der Waals surface area contributed by atoms with Crippen molar-refractivity contribution in [1.82, 2.24) is 15.3 Å².